The highest BCUT2D eigenvalue weighted by atomic mass is 32.3. The van der Waals surface area contributed by atoms with Gasteiger partial charge in [-0.15, -0.1) is 25.6 Å². The van der Waals surface area contributed by atoms with Crippen molar-refractivity contribution >= 4 is 134 Å². The predicted octanol–water partition coefficient (Wildman–Crippen LogP) is 7.44. The van der Waals surface area contributed by atoms with Gasteiger partial charge >= 0.3 is 20.8 Å². The number of rotatable bonds is 22. The van der Waals surface area contributed by atoms with Crippen LogP contribution in [0.2, 0.25) is 0 Å². The first-order chi connectivity index (χ1) is 36.2. The number of ether oxygens (including phenoxy) is 1. The summed E-state index contributed by atoms with van der Waals surface area (Å²) < 4.78 is 195. The first kappa shape index (κ1) is 59.6. The Hall–Kier alpha value is -7.69. The molecule has 0 saturated heterocycles. The topological polar surface area (TPSA) is 488 Å². The highest BCUT2D eigenvalue weighted by molar-refractivity contribution is 7.91. The van der Waals surface area contributed by atoms with Gasteiger partial charge in [-0.05, 0) is 91.0 Å². The van der Waals surface area contributed by atoms with Gasteiger partial charge in [-0.2, -0.15) is 49.0 Å². The number of benzene rings is 6. The highest BCUT2D eigenvalue weighted by Crippen LogP contribution is 2.47. The Labute approximate surface area is 442 Å². The van der Waals surface area contributed by atoms with E-state index in [4.69, 9.17) is 19.6 Å². The van der Waals surface area contributed by atoms with Gasteiger partial charge in [0, 0.05) is 23.8 Å². The summed E-state index contributed by atoms with van der Waals surface area (Å²) in [5.41, 5.74) is 3.76. The van der Waals surface area contributed by atoms with Crippen LogP contribution in [-0.2, 0) is 73.9 Å². The maximum atomic E-state index is 12.9. The normalized spacial score (nSPS) is 13.1. The minimum Gasteiger partial charge on any atom is -0.505 e. The quantitative estimate of drug-likeness (QED) is 0.0197. The predicted molar refractivity (Wildman–Crippen MR) is 272 cm³/mol. The Balaban J connectivity index is 1.30. The second kappa shape index (κ2) is 23.5. The van der Waals surface area contributed by atoms with Crippen LogP contribution in [0.5, 0.6) is 11.5 Å². The number of sulfone groups is 2. The molecule has 414 valence electrons. The Kier molecular flexibility index (Phi) is 17.9. The number of carbonyl (C=O) groups excluding carboxylic acids is 1. The van der Waals surface area contributed by atoms with Crippen LogP contribution in [0.4, 0.5) is 56.9 Å². The molecule has 0 aromatic heterocycles. The van der Waals surface area contributed by atoms with Gasteiger partial charge in [-0.3, -0.25) is 23.0 Å². The van der Waals surface area contributed by atoms with Crippen molar-refractivity contribution in [3.63, 3.8) is 0 Å². The van der Waals surface area contributed by atoms with Gasteiger partial charge in [0.25, 0.3) is 20.2 Å². The van der Waals surface area contributed by atoms with Gasteiger partial charge in [-0.1, -0.05) is 0 Å². The average Bonchev–Trinajstić information content (AvgIpc) is 3.47. The van der Waals surface area contributed by atoms with Crippen LogP contribution < -0.4 is 15.8 Å². The number of phenolic OH excluding ortho intramolecular Hbond substituents is 1. The number of fused-ring (bicyclic) bond motifs is 1. The summed E-state index contributed by atoms with van der Waals surface area (Å²) in [6.45, 7) is -0.580. The molecule has 0 unspecified atom stereocenters. The standard InChI is InChI=1S/C41H38N10O21S6/c1-23(52)43-33-21-35(36(70-2)22-34(33)48-45-25-5-10-28(11-6-25)74(56,57)18-16-72-78(67,68)69)49-51-40-38(76(61,62)63)20-30-29(41(40)53)12-13-31(42)39(30)50-47-32-14-7-26(19-37(32)75(58,59)60)46-44-24-3-8-27(9-4-24)73(54,55)17-15-71-77(64,65)66/h3-14,19-22,53H,15-18,42H2,1-2H3,(H,43,52)(H,58,59,60)(H,61,62,63)(H,64,65,66)(H,67,68,69). The molecule has 1 amide bonds. The number of hydrogen-bond acceptors (Lipinski definition) is 26. The van der Waals surface area contributed by atoms with Gasteiger partial charge in [0.2, 0.25) is 5.91 Å². The van der Waals surface area contributed by atoms with Crippen molar-refractivity contribution in [2.75, 3.05) is 42.9 Å². The van der Waals surface area contributed by atoms with Crippen molar-refractivity contribution in [2.24, 2.45) is 40.9 Å². The molecule has 6 rings (SSSR count). The third kappa shape index (κ3) is 15.7. The molecule has 0 bridgehead atoms. The summed E-state index contributed by atoms with van der Waals surface area (Å²) >= 11 is 0. The van der Waals surface area contributed by atoms with Crippen molar-refractivity contribution in [1.29, 1.82) is 0 Å². The number of carbonyl (C=O) groups is 1. The van der Waals surface area contributed by atoms with E-state index < -0.39 is 124 Å². The number of nitrogens with one attached hydrogen (secondary N) is 1. The molecule has 6 aromatic carbocycles. The van der Waals surface area contributed by atoms with Crippen molar-refractivity contribution in [3.8, 4) is 11.5 Å². The Morgan fingerprint density at radius 1 is 0.526 bits per heavy atom. The van der Waals surface area contributed by atoms with Gasteiger partial charge in [0.1, 0.15) is 44.0 Å². The summed E-state index contributed by atoms with van der Waals surface area (Å²) in [6.07, 6.45) is 0. The van der Waals surface area contributed by atoms with E-state index in [0.29, 0.717) is 0 Å². The summed E-state index contributed by atoms with van der Waals surface area (Å²) in [4.78, 5) is 9.79. The van der Waals surface area contributed by atoms with Crippen LogP contribution in [-0.4, -0.2) is 112 Å². The zero-order valence-electron chi connectivity index (χ0n) is 39.4. The molecule has 78 heavy (non-hydrogen) atoms. The number of methoxy groups -OCH3 is 1. The average molecular weight is 1200 g/mol. The summed E-state index contributed by atoms with van der Waals surface area (Å²) in [6, 6.07) is 18.0. The second-order valence-electron chi connectivity index (χ2n) is 15.4. The molecule has 0 aliphatic carbocycles. The monoisotopic (exact) mass is 1200 g/mol. The molecular weight excluding hydrogens is 1160 g/mol. The molecule has 31 nitrogen and oxygen atoms in total. The van der Waals surface area contributed by atoms with Crippen LogP contribution >= 0.6 is 0 Å². The second-order valence-corrected chi connectivity index (χ2v) is 24.6. The number of nitrogens with two attached hydrogens (primary N) is 1. The van der Waals surface area contributed by atoms with Gasteiger partial charge < -0.3 is 20.9 Å². The number of nitrogens with zero attached hydrogens (tertiary/aromatic N) is 8. The number of nitrogen functional groups attached to an aromatic ring is 1. The lowest BCUT2D eigenvalue weighted by Gasteiger charge is -2.12. The minimum absolute atomic E-state index is 0.0479. The van der Waals surface area contributed by atoms with E-state index in [1.54, 1.807) is 0 Å². The van der Waals surface area contributed by atoms with Crippen LogP contribution in [0.1, 0.15) is 6.92 Å². The summed E-state index contributed by atoms with van der Waals surface area (Å²) in [7, 11) is -27.1. The van der Waals surface area contributed by atoms with Gasteiger partial charge in [0.15, 0.2) is 25.4 Å². The van der Waals surface area contributed by atoms with Crippen molar-refractivity contribution in [3.05, 3.63) is 97.1 Å². The molecule has 37 heteroatoms. The molecule has 0 heterocycles. The fourth-order valence-electron chi connectivity index (χ4n) is 6.46. The molecule has 0 fully saturated rings. The SMILES string of the molecule is COc1cc(N=Nc2ccc(S(=O)(=O)CCOS(=O)(=O)O)cc2)c(NC(C)=O)cc1N=Nc1c(S(=O)(=O)O)cc2c(N=Nc3ccc(N=Nc4ccc(S(=O)(=O)CCOS(=O)(=O)O)cc4)cc3S(=O)(=O)O)c(N)ccc2c1O. The molecular formula is C41H38N10O21S6. The summed E-state index contributed by atoms with van der Waals surface area (Å²) in [5, 5.41) is 45.2. The number of anilines is 2. The van der Waals surface area contributed by atoms with Crippen LogP contribution in [0.15, 0.2) is 158 Å². The Morgan fingerprint density at radius 3 is 1.50 bits per heavy atom. The maximum absolute atomic E-state index is 12.9. The van der Waals surface area contributed by atoms with Crippen molar-refractivity contribution < 1.29 is 91.7 Å². The molecule has 0 atom stereocenters. The third-order valence-corrected chi connectivity index (χ3v) is 16.0. The van der Waals surface area contributed by atoms with E-state index in [1.165, 1.54) is 61.7 Å². The number of hydrogen-bond donors (Lipinski definition) is 7. The molecule has 6 aromatic rings. The smallest absolute Gasteiger partial charge is 0.397 e. The first-order valence-corrected chi connectivity index (χ1v) is 29.9. The Morgan fingerprint density at radius 2 is 1.00 bits per heavy atom. The zero-order chi connectivity index (χ0) is 57.6. The zero-order valence-corrected chi connectivity index (χ0v) is 44.3. The third-order valence-electron chi connectivity index (χ3n) is 9.97. The van der Waals surface area contributed by atoms with Crippen LogP contribution in [0.3, 0.4) is 0 Å². The van der Waals surface area contributed by atoms with E-state index in [2.05, 4.69) is 54.6 Å². The minimum atomic E-state index is -5.32. The van der Waals surface area contributed by atoms with E-state index in [9.17, 15) is 69.5 Å². The summed E-state index contributed by atoms with van der Waals surface area (Å²) in [5.74, 6) is -3.28. The molecule has 0 saturated carbocycles. The van der Waals surface area contributed by atoms with Gasteiger partial charge in [-0.25, -0.2) is 25.2 Å². The van der Waals surface area contributed by atoms with E-state index in [1.807, 2.05) is 0 Å². The fraction of sp³-hybridized carbons (Fsp3) is 0.146. The van der Waals surface area contributed by atoms with Crippen molar-refractivity contribution in [2.45, 2.75) is 26.5 Å². The van der Waals surface area contributed by atoms with Crippen LogP contribution in [0, 0.1) is 0 Å². The highest BCUT2D eigenvalue weighted by Gasteiger charge is 2.26. The largest absolute Gasteiger partial charge is 0.505 e. The molecule has 0 aliphatic heterocycles. The lowest BCUT2D eigenvalue weighted by molar-refractivity contribution is -0.114. The number of phenols is 1. The first-order valence-electron chi connectivity index (χ1n) is 21.0. The van der Waals surface area contributed by atoms with E-state index >= 15 is 0 Å². The number of aromatic hydroxyl groups is 1. The lowest BCUT2D eigenvalue weighted by Crippen LogP contribution is -2.15. The fourth-order valence-corrected chi connectivity index (χ4v) is 10.7. The van der Waals surface area contributed by atoms with Gasteiger partial charge in [0.05, 0.1) is 70.1 Å². The Bertz CT molecular complexity index is 4180. The lowest BCUT2D eigenvalue weighted by atomic mass is 10.1. The van der Waals surface area contributed by atoms with Crippen LogP contribution in [0.25, 0.3) is 10.8 Å². The number of azo groups is 4. The number of amides is 1. The molecule has 0 aliphatic rings. The van der Waals surface area contributed by atoms with E-state index in [-0.39, 0.29) is 66.1 Å². The van der Waals surface area contributed by atoms with E-state index in [0.717, 1.165) is 49.4 Å². The molecule has 8 N–H and O–H groups in total. The molecule has 0 spiro atoms. The van der Waals surface area contributed by atoms with Crippen molar-refractivity contribution in [1.82, 2.24) is 0 Å². The molecule has 0 radical (unpaired) electrons. The maximum Gasteiger partial charge on any atom is 0.397 e.